The largest absolute Gasteiger partial charge is 0.444 e. The van der Waals surface area contributed by atoms with Crippen molar-refractivity contribution in [3.8, 4) is 0 Å². The van der Waals surface area contributed by atoms with Crippen LogP contribution in [0.25, 0.3) is 0 Å². The Balaban J connectivity index is 1.86. The van der Waals surface area contributed by atoms with Gasteiger partial charge < -0.3 is 14.6 Å². The molecule has 1 heterocycles. The summed E-state index contributed by atoms with van der Waals surface area (Å²) >= 11 is 0. The van der Waals surface area contributed by atoms with Gasteiger partial charge in [-0.3, -0.25) is 4.79 Å². The fraction of sp³-hybridized carbons (Fsp3) is 0.190. The number of aromatic nitrogens is 1. The van der Waals surface area contributed by atoms with Gasteiger partial charge in [0.05, 0.1) is 10.5 Å². The van der Waals surface area contributed by atoms with Crippen molar-refractivity contribution in [2.75, 3.05) is 11.9 Å². The number of nitrogens with one attached hydrogen (secondary N) is 2. The maximum atomic E-state index is 12.8. The summed E-state index contributed by atoms with van der Waals surface area (Å²) in [6, 6.07) is 15.4. The van der Waals surface area contributed by atoms with E-state index in [1.807, 2.05) is 0 Å². The molecule has 162 valence electrons. The van der Waals surface area contributed by atoms with Gasteiger partial charge in [0, 0.05) is 18.2 Å². The number of hydrogen-bond acceptors (Lipinski definition) is 7. The van der Waals surface area contributed by atoms with Gasteiger partial charge in [0.2, 0.25) is 16.1 Å². The molecule has 3 rings (SSSR count). The van der Waals surface area contributed by atoms with E-state index in [4.69, 9.17) is 9.26 Å². The molecule has 0 aliphatic heterocycles. The lowest BCUT2D eigenvalue weighted by atomic mass is 10.1. The third-order valence-electron chi connectivity index (χ3n) is 4.16. The van der Waals surface area contributed by atoms with Crippen LogP contribution in [0.1, 0.15) is 34.7 Å². The van der Waals surface area contributed by atoms with Gasteiger partial charge in [-0.15, -0.1) is 0 Å². The summed E-state index contributed by atoms with van der Waals surface area (Å²) in [6.07, 6.45) is -1.29. The van der Waals surface area contributed by atoms with Crippen LogP contribution in [0.2, 0.25) is 0 Å². The number of ether oxygens (including phenoxy) is 1. The highest BCUT2D eigenvalue weighted by Crippen LogP contribution is 2.22. The van der Waals surface area contributed by atoms with Crippen molar-refractivity contribution >= 4 is 27.7 Å². The Morgan fingerprint density at radius 3 is 2.48 bits per heavy atom. The van der Waals surface area contributed by atoms with E-state index in [2.05, 4.69) is 15.2 Å². The minimum atomic E-state index is -3.76. The van der Waals surface area contributed by atoms with Crippen LogP contribution in [0.3, 0.4) is 0 Å². The summed E-state index contributed by atoms with van der Waals surface area (Å²) in [7, 11) is -3.76. The lowest BCUT2D eigenvalue weighted by Crippen LogP contribution is -2.26. The normalized spacial score (nSPS) is 12.2. The number of hydrogen-bond donors (Lipinski definition) is 2. The number of aryl methyl sites for hydroxylation is 1. The molecule has 2 aromatic carbocycles. The third kappa shape index (κ3) is 5.56. The molecule has 0 aliphatic carbocycles. The van der Waals surface area contributed by atoms with E-state index in [-0.39, 0.29) is 22.8 Å². The lowest BCUT2D eigenvalue weighted by Gasteiger charge is -2.17. The Bertz CT molecular complexity index is 1170. The quantitative estimate of drug-likeness (QED) is 0.512. The zero-order valence-electron chi connectivity index (χ0n) is 16.9. The van der Waals surface area contributed by atoms with E-state index in [9.17, 15) is 18.0 Å². The molecule has 31 heavy (non-hydrogen) atoms. The minimum absolute atomic E-state index is 0.00927. The first-order valence-corrected chi connectivity index (χ1v) is 10.9. The molecule has 1 atom stereocenters. The zero-order chi connectivity index (χ0) is 22.4. The van der Waals surface area contributed by atoms with Crippen LogP contribution in [0.15, 0.2) is 70.1 Å². The predicted molar refractivity (Wildman–Crippen MR) is 112 cm³/mol. The molecule has 2 N–H and O–H groups in total. The van der Waals surface area contributed by atoms with Crippen molar-refractivity contribution in [2.24, 2.45) is 0 Å². The Labute approximate surface area is 179 Å². The van der Waals surface area contributed by atoms with Crippen LogP contribution in [0.5, 0.6) is 0 Å². The standard InChI is InChI=1S/C21H21N3O6S/c1-3-22-31(27,28)17-11-7-10-16(13-17)21(26)29-19(15-8-5-4-6-9-15)20(25)23-18-12-14(2)30-24-18/h4-13,19,22H,3H2,1-2H3,(H,23,24,25). The molecule has 9 nitrogen and oxygen atoms in total. The first-order valence-electron chi connectivity index (χ1n) is 9.40. The smallest absolute Gasteiger partial charge is 0.339 e. The van der Waals surface area contributed by atoms with Crippen molar-refractivity contribution in [3.63, 3.8) is 0 Å². The molecule has 0 spiro atoms. The number of anilines is 1. The van der Waals surface area contributed by atoms with Gasteiger partial charge in [0.1, 0.15) is 5.76 Å². The predicted octanol–water partition coefficient (Wildman–Crippen LogP) is 2.82. The topological polar surface area (TPSA) is 128 Å². The first kappa shape index (κ1) is 22.2. The number of sulfonamides is 1. The maximum Gasteiger partial charge on any atom is 0.339 e. The Morgan fingerprint density at radius 2 is 1.84 bits per heavy atom. The van der Waals surface area contributed by atoms with E-state index >= 15 is 0 Å². The van der Waals surface area contributed by atoms with Crippen LogP contribution in [-0.2, 0) is 19.6 Å². The van der Waals surface area contributed by atoms with Gasteiger partial charge >= 0.3 is 5.97 Å². The molecule has 0 saturated heterocycles. The number of amides is 1. The number of benzene rings is 2. The summed E-state index contributed by atoms with van der Waals surface area (Å²) in [4.78, 5) is 25.5. The van der Waals surface area contributed by atoms with Crippen molar-refractivity contribution in [1.29, 1.82) is 0 Å². The SMILES string of the molecule is CCNS(=O)(=O)c1cccc(C(=O)OC(C(=O)Nc2cc(C)on2)c2ccccc2)c1. The molecular formula is C21H21N3O6S. The van der Waals surface area contributed by atoms with Crippen LogP contribution in [0, 0.1) is 6.92 Å². The summed E-state index contributed by atoms with van der Waals surface area (Å²) in [5, 5.41) is 6.25. The highest BCUT2D eigenvalue weighted by Gasteiger charge is 2.27. The molecule has 3 aromatic rings. The fourth-order valence-corrected chi connectivity index (χ4v) is 3.84. The Kier molecular flexibility index (Phi) is 6.83. The van der Waals surface area contributed by atoms with E-state index in [0.717, 1.165) is 0 Å². The molecule has 0 aliphatic rings. The van der Waals surface area contributed by atoms with Gasteiger partial charge in [-0.25, -0.2) is 17.9 Å². The van der Waals surface area contributed by atoms with Crippen molar-refractivity contribution in [3.05, 3.63) is 77.6 Å². The summed E-state index contributed by atoms with van der Waals surface area (Å²) < 4.78 is 37.2. The van der Waals surface area contributed by atoms with Gasteiger partial charge in [0.15, 0.2) is 5.82 Å². The summed E-state index contributed by atoms with van der Waals surface area (Å²) in [5.74, 6) is -0.807. The molecular weight excluding hydrogens is 422 g/mol. The van der Waals surface area contributed by atoms with Crippen molar-refractivity contribution in [1.82, 2.24) is 9.88 Å². The zero-order valence-corrected chi connectivity index (χ0v) is 17.7. The molecule has 1 aromatic heterocycles. The molecule has 0 saturated carbocycles. The fourth-order valence-electron chi connectivity index (χ4n) is 2.76. The Hall–Kier alpha value is -3.50. The van der Waals surface area contributed by atoms with E-state index in [1.165, 1.54) is 30.3 Å². The van der Waals surface area contributed by atoms with E-state index in [0.29, 0.717) is 11.3 Å². The minimum Gasteiger partial charge on any atom is -0.444 e. The highest BCUT2D eigenvalue weighted by molar-refractivity contribution is 7.89. The number of carbonyl (C=O) groups excluding carboxylic acids is 2. The van der Waals surface area contributed by atoms with Crippen molar-refractivity contribution < 1.29 is 27.3 Å². The third-order valence-corrected chi connectivity index (χ3v) is 5.70. The van der Waals surface area contributed by atoms with Crippen LogP contribution in [-0.4, -0.2) is 32.0 Å². The Morgan fingerprint density at radius 1 is 1.10 bits per heavy atom. The first-order chi connectivity index (χ1) is 14.8. The van der Waals surface area contributed by atoms with Crippen LogP contribution < -0.4 is 10.0 Å². The maximum absolute atomic E-state index is 12.8. The molecule has 0 radical (unpaired) electrons. The number of rotatable bonds is 8. The summed E-state index contributed by atoms with van der Waals surface area (Å²) in [6.45, 7) is 3.52. The molecule has 1 amide bonds. The van der Waals surface area contributed by atoms with Crippen LogP contribution in [0.4, 0.5) is 5.82 Å². The summed E-state index contributed by atoms with van der Waals surface area (Å²) in [5.41, 5.74) is 0.426. The van der Waals surface area contributed by atoms with Crippen LogP contribution >= 0.6 is 0 Å². The molecule has 1 unspecified atom stereocenters. The second-order valence-electron chi connectivity index (χ2n) is 6.54. The average molecular weight is 443 g/mol. The second-order valence-corrected chi connectivity index (χ2v) is 8.30. The lowest BCUT2D eigenvalue weighted by molar-refractivity contribution is -0.125. The monoisotopic (exact) mass is 443 g/mol. The van der Waals surface area contributed by atoms with Gasteiger partial charge in [-0.1, -0.05) is 48.5 Å². The van der Waals surface area contributed by atoms with Gasteiger partial charge in [0.25, 0.3) is 5.91 Å². The number of esters is 1. The second kappa shape index (κ2) is 9.54. The number of carbonyl (C=O) groups is 2. The average Bonchev–Trinajstić information content (AvgIpc) is 3.17. The number of nitrogens with zero attached hydrogens (tertiary/aromatic N) is 1. The van der Waals surface area contributed by atoms with E-state index < -0.39 is 28.0 Å². The molecule has 10 heteroatoms. The van der Waals surface area contributed by atoms with Crippen molar-refractivity contribution in [2.45, 2.75) is 24.8 Å². The van der Waals surface area contributed by atoms with Gasteiger partial charge in [-0.05, 0) is 25.1 Å². The van der Waals surface area contributed by atoms with Gasteiger partial charge in [-0.2, -0.15) is 0 Å². The van der Waals surface area contributed by atoms with E-state index in [1.54, 1.807) is 44.2 Å². The molecule has 0 bridgehead atoms. The molecule has 0 fully saturated rings. The highest BCUT2D eigenvalue weighted by atomic mass is 32.2.